The summed E-state index contributed by atoms with van der Waals surface area (Å²) >= 11 is 0. The van der Waals surface area contributed by atoms with Crippen LogP contribution in [0.5, 0.6) is 5.75 Å². The van der Waals surface area contributed by atoms with Gasteiger partial charge in [0.1, 0.15) is 11.6 Å². The molecule has 2 amide bonds. The van der Waals surface area contributed by atoms with Crippen molar-refractivity contribution in [1.29, 1.82) is 0 Å². The van der Waals surface area contributed by atoms with Crippen molar-refractivity contribution in [2.75, 3.05) is 12.0 Å². The predicted octanol–water partition coefficient (Wildman–Crippen LogP) is 2.63. The second-order valence-electron chi connectivity index (χ2n) is 4.34. The minimum Gasteiger partial charge on any atom is -0.497 e. The Hall–Kier alpha value is -2.69. The van der Waals surface area contributed by atoms with Crippen molar-refractivity contribution in [3.05, 3.63) is 59.4 Å². The van der Waals surface area contributed by atoms with Crippen molar-refractivity contribution in [3.8, 4) is 5.75 Å². The first-order valence-corrected chi connectivity index (χ1v) is 5.94. The molecule has 5 heteroatoms. The summed E-state index contributed by atoms with van der Waals surface area (Å²) in [5.41, 5.74) is 0.688. The SMILES string of the molecule is COc1cccc(N2C(=O)c3ccc(F)cc3C2=O)c1. The number of halogens is 1. The summed E-state index contributed by atoms with van der Waals surface area (Å²) in [6, 6.07) is 10.2. The number of imide groups is 1. The number of hydrogen-bond donors (Lipinski definition) is 0. The van der Waals surface area contributed by atoms with Gasteiger partial charge in [0.25, 0.3) is 11.8 Å². The highest BCUT2D eigenvalue weighted by Gasteiger charge is 2.36. The molecule has 2 aromatic carbocycles. The molecule has 0 aliphatic carbocycles. The van der Waals surface area contributed by atoms with Crippen LogP contribution in [0.3, 0.4) is 0 Å². The molecule has 0 saturated carbocycles. The molecule has 0 spiro atoms. The molecule has 1 aliphatic rings. The standard InChI is InChI=1S/C15H10FNO3/c1-20-11-4-2-3-10(8-11)17-14(18)12-6-5-9(16)7-13(12)15(17)19/h2-8H,1H3. The number of benzene rings is 2. The van der Waals surface area contributed by atoms with Crippen LogP contribution in [0, 0.1) is 5.82 Å². The van der Waals surface area contributed by atoms with Crippen LogP contribution in [0.25, 0.3) is 0 Å². The van der Waals surface area contributed by atoms with Crippen LogP contribution in [0.1, 0.15) is 20.7 Å². The number of methoxy groups -OCH3 is 1. The molecule has 1 aliphatic heterocycles. The highest BCUT2D eigenvalue weighted by Crippen LogP contribution is 2.30. The fraction of sp³-hybridized carbons (Fsp3) is 0.0667. The second-order valence-corrected chi connectivity index (χ2v) is 4.34. The Morgan fingerprint density at radius 2 is 1.75 bits per heavy atom. The first kappa shape index (κ1) is 12.3. The van der Waals surface area contributed by atoms with Gasteiger partial charge in [0.05, 0.1) is 23.9 Å². The maximum Gasteiger partial charge on any atom is 0.266 e. The van der Waals surface area contributed by atoms with E-state index in [0.29, 0.717) is 11.4 Å². The lowest BCUT2D eigenvalue weighted by Crippen LogP contribution is -2.29. The van der Waals surface area contributed by atoms with Gasteiger partial charge in [-0.15, -0.1) is 0 Å². The molecule has 3 rings (SSSR count). The zero-order chi connectivity index (χ0) is 14.3. The van der Waals surface area contributed by atoms with Gasteiger partial charge in [0, 0.05) is 6.07 Å². The Kier molecular flexibility index (Phi) is 2.75. The zero-order valence-corrected chi connectivity index (χ0v) is 10.6. The largest absolute Gasteiger partial charge is 0.497 e. The fourth-order valence-electron chi connectivity index (χ4n) is 2.20. The molecular weight excluding hydrogens is 261 g/mol. The number of fused-ring (bicyclic) bond motifs is 1. The monoisotopic (exact) mass is 271 g/mol. The Morgan fingerprint density at radius 1 is 1.00 bits per heavy atom. The first-order valence-electron chi connectivity index (χ1n) is 5.94. The number of carbonyl (C=O) groups is 2. The van der Waals surface area contributed by atoms with E-state index < -0.39 is 17.6 Å². The van der Waals surface area contributed by atoms with Crippen molar-refractivity contribution >= 4 is 17.5 Å². The van der Waals surface area contributed by atoms with Gasteiger partial charge in [0.2, 0.25) is 0 Å². The Labute approximate surface area is 114 Å². The molecule has 0 fully saturated rings. The quantitative estimate of drug-likeness (QED) is 0.789. The molecule has 0 atom stereocenters. The van der Waals surface area contributed by atoms with Gasteiger partial charge >= 0.3 is 0 Å². The molecule has 2 aromatic rings. The summed E-state index contributed by atoms with van der Waals surface area (Å²) in [6.07, 6.45) is 0. The number of carbonyl (C=O) groups excluding carboxylic acids is 2. The molecule has 1 heterocycles. The van der Waals surface area contributed by atoms with E-state index in [1.807, 2.05) is 0 Å². The van der Waals surface area contributed by atoms with Crippen LogP contribution >= 0.6 is 0 Å². The molecule has 100 valence electrons. The number of ether oxygens (including phenoxy) is 1. The average Bonchev–Trinajstić information content (AvgIpc) is 2.70. The van der Waals surface area contributed by atoms with Crippen molar-refractivity contribution < 1.29 is 18.7 Å². The minimum atomic E-state index is -0.544. The third-order valence-electron chi connectivity index (χ3n) is 3.16. The first-order chi connectivity index (χ1) is 9.61. The van der Waals surface area contributed by atoms with Crippen LogP contribution in [0.2, 0.25) is 0 Å². The number of rotatable bonds is 2. The van der Waals surface area contributed by atoms with Crippen molar-refractivity contribution in [3.63, 3.8) is 0 Å². The highest BCUT2D eigenvalue weighted by molar-refractivity contribution is 6.34. The van der Waals surface area contributed by atoms with Gasteiger partial charge in [-0.25, -0.2) is 9.29 Å². The van der Waals surface area contributed by atoms with E-state index >= 15 is 0 Å². The topological polar surface area (TPSA) is 46.6 Å². The van der Waals surface area contributed by atoms with Gasteiger partial charge in [-0.1, -0.05) is 6.07 Å². The van der Waals surface area contributed by atoms with Gasteiger partial charge in [-0.3, -0.25) is 9.59 Å². The molecule has 0 aromatic heterocycles. The molecule has 0 saturated heterocycles. The van der Waals surface area contributed by atoms with E-state index in [2.05, 4.69) is 0 Å². The average molecular weight is 271 g/mol. The van der Waals surface area contributed by atoms with Crippen LogP contribution < -0.4 is 9.64 Å². The van der Waals surface area contributed by atoms with Crippen LogP contribution in [-0.4, -0.2) is 18.9 Å². The third-order valence-corrected chi connectivity index (χ3v) is 3.16. The Bertz CT molecular complexity index is 727. The smallest absolute Gasteiger partial charge is 0.266 e. The summed E-state index contributed by atoms with van der Waals surface area (Å²) in [5.74, 6) is -1.00. The van der Waals surface area contributed by atoms with E-state index in [4.69, 9.17) is 4.74 Å². The highest BCUT2D eigenvalue weighted by atomic mass is 19.1. The van der Waals surface area contributed by atoms with Crippen molar-refractivity contribution in [1.82, 2.24) is 0 Å². The van der Waals surface area contributed by atoms with E-state index in [-0.39, 0.29) is 11.1 Å². The van der Waals surface area contributed by atoms with Gasteiger partial charge in [-0.05, 0) is 30.3 Å². The van der Waals surface area contributed by atoms with E-state index in [1.54, 1.807) is 24.3 Å². The molecule has 0 unspecified atom stereocenters. The summed E-state index contributed by atoms with van der Waals surface area (Å²) in [4.78, 5) is 25.5. The lowest BCUT2D eigenvalue weighted by molar-refractivity contribution is 0.0926. The summed E-state index contributed by atoms with van der Waals surface area (Å²) in [6.45, 7) is 0. The molecule has 0 bridgehead atoms. The summed E-state index contributed by atoms with van der Waals surface area (Å²) < 4.78 is 18.3. The Morgan fingerprint density at radius 3 is 2.50 bits per heavy atom. The maximum absolute atomic E-state index is 13.2. The van der Waals surface area contributed by atoms with Crippen molar-refractivity contribution in [2.45, 2.75) is 0 Å². The van der Waals surface area contributed by atoms with E-state index in [1.165, 1.54) is 19.2 Å². The van der Waals surface area contributed by atoms with Crippen LogP contribution in [0.4, 0.5) is 10.1 Å². The molecule has 4 nitrogen and oxygen atoms in total. The molecule has 20 heavy (non-hydrogen) atoms. The zero-order valence-electron chi connectivity index (χ0n) is 10.6. The normalized spacial score (nSPS) is 13.6. The van der Waals surface area contributed by atoms with E-state index in [0.717, 1.165) is 11.0 Å². The van der Waals surface area contributed by atoms with Crippen molar-refractivity contribution in [2.24, 2.45) is 0 Å². The van der Waals surface area contributed by atoms with Gasteiger partial charge < -0.3 is 4.74 Å². The lowest BCUT2D eigenvalue weighted by atomic mass is 10.1. The summed E-state index contributed by atoms with van der Waals surface area (Å²) in [7, 11) is 1.50. The van der Waals surface area contributed by atoms with Gasteiger partial charge in [-0.2, -0.15) is 0 Å². The van der Waals surface area contributed by atoms with Gasteiger partial charge in [0.15, 0.2) is 0 Å². The lowest BCUT2D eigenvalue weighted by Gasteiger charge is -2.14. The second kappa shape index (κ2) is 4.45. The Balaban J connectivity index is 2.09. The maximum atomic E-state index is 13.2. The number of anilines is 1. The molecule has 0 radical (unpaired) electrons. The van der Waals surface area contributed by atoms with E-state index in [9.17, 15) is 14.0 Å². The number of amides is 2. The minimum absolute atomic E-state index is 0.0813. The van der Waals surface area contributed by atoms with Crippen LogP contribution in [-0.2, 0) is 0 Å². The third kappa shape index (κ3) is 1.75. The number of hydrogen-bond acceptors (Lipinski definition) is 3. The summed E-state index contributed by atoms with van der Waals surface area (Å²) in [5, 5.41) is 0. The fourth-order valence-corrected chi connectivity index (χ4v) is 2.20. The number of nitrogens with zero attached hydrogens (tertiary/aromatic N) is 1. The molecular formula is C15H10FNO3. The molecule has 0 N–H and O–H groups in total. The van der Waals surface area contributed by atoms with Crippen LogP contribution in [0.15, 0.2) is 42.5 Å². The predicted molar refractivity (Wildman–Crippen MR) is 70.5 cm³/mol.